The number of halogens is 3. The average molecular weight is 497 g/mol. The molecule has 2 aliphatic rings. The number of pyridine rings is 1. The topological polar surface area (TPSA) is 122 Å². The number of aliphatic imine (C=N–C) groups is 1. The summed E-state index contributed by atoms with van der Waals surface area (Å²) in [5.74, 6) is 5.62. The van der Waals surface area contributed by atoms with E-state index in [2.05, 4.69) is 26.0 Å². The Hall–Kier alpha value is -3.50. The molecule has 0 aliphatic carbocycles. The van der Waals surface area contributed by atoms with Crippen LogP contribution in [0.25, 0.3) is 0 Å². The standard InChI is InChI=1S/C21H18F3N3O6S/c1-19(2,30-3)7-6-12-8-15-17(26-10-12)32-16-5-4-13(33-34(28,29)21(22,23)24)9-14(16)20(15)11-31-18(25)27-20/h4-5,8-10H,11H2,1-3H3,(H2,25,27)/t20-/m0/s1. The van der Waals surface area contributed by atoms with Crippen molar-refractivity contribution in [1.82, 2.24) is 4.98 Å². The Morgan fingerprint density at radius 2 is 1.94 bits per heavy atom. The maximum Gasteiger partial charge on any atom is 0.534 e. The SMILES string of the molecule is COC(C)(C)C#Cc1cnc2c(c1)[C@]1(COC(N)=N1)c1cc(OS(=O)(=O)C(F)(F)F)ccc1O2. The number of hydrogen-bond donors (Lipinski definition) is 1. The van der Waals surface area contributed by atoms with Crippen molar-refractivity contribution in [1.29, 1.82) is 0 Å². The Bertz CT molecular complexity index is 1360. The van der Waals surface area contributed by atoms with Gasteiger partial charge in [-0.3, -0.25) is 0 Å². The molecule has 0 radical (unpaired) electrons. The normalized spacial score (nSPS) is 19.2. The third kappa shape index (κ3) is 4.10. The van der Waals surface area contributed by atoms with Crippen molar-refractivity contribution in [2.45, 2.75) is 30.5 Å². The van der Waals surface area contributed by atoms with Gasteiger partial charge in [-0.2, -0.15) is 21.6 Å². The highest BCUT2D eigenvalue weighted by atomic mass is 32.2. The lowest BCUT2D eigenvalue weighted by Gasteiger charge is -2.32. The molecule has 0 amide bonds. The molecular weight excluding hydrogens is 479 g/mol. The van der Waals surface area contributed by atoms with E-state index in [9.17, 15) is 21.6 Å². The number of ether oxygens (including phenoxy) is 3. The van der Waals surface area contributed by atoms with Crippen LogP contribution in [0.3, 0.4) is 0 Å². The molecule has 0 fully saturated rings. The van der Waals surface area contributed by atoms with Crippen LogP contribution in [0.4, 0.5) is 13.2 Å². The summed E-state index contributed by atoms with van der Waals surface area (Å²) in [6.45, 7) is 3.41. The first kappa shape index (κ1) is 23.7. The van der Waals surface area contributed by atoms with Crippen LogP contribution in [0.15, 0.2) is 35.5 Å². The molecule has 0 saturated carbocycles. The predicted molar refractivity (Wildman–Crippen MR) is 113 cm³/mol. The smallest absolute Gasteiger partial charge is 0.462 e. The largest absolute Gasteiger partial charge is 0.534 e. The first-order chi connectivity index (χ1) is 15.8. The predicted octanol–water partition coefficient (Wildman–Crippen LogP) is 2.78. The van der Waals surface area contributed by atoms with Crippen molar-refractivity contribution in [3.63, 3.8) is 0 Å². The Balaban J connectivity index is 1.83. The summed E-state index contributed by atoms with van der Waals surface area (Å²) in [7, 11) is -4.37. The van der Waals surface area contributed by atoms with Crippen molar-refractivity contribution >= 4 is 16.1 Å². The van der Waals surface area contributed by atoms with Gasteiger partial charge in [0.1, 0.15) is 23.7 Å². The van der Waals surface area contributed by atoms with Crippen LogP contribution < -0.4 is 14.7 Å². The van der Waals surface area contributed by atoms with Crippen LogP contribution in [0.5, 0.6) is 17.4 Å². The van der Waals surface area contributed by atoms with Gasteiger partial charge in [-0.15, -0.1) is 0 Å². The van der Waals surface area contributed by atoms with E-state index < -0.39 is 32.5 Å². The molecule has 2 aromatic rings. The number of hydrogen-bond acceptors (Lipinski definition) is 9. The minimum atomic E-state index is -5.89. The summed E-state index contributed by atoms with van der Waals surface area (Å²) in [5.41, 5.74) is -0.912. The van der Waals surface area contributed by atoms with Gasteiger partial charge in [0.15, 0.2) is 5.54 Å². The van der Waals surface area contributed by atoms with Gasteiger partial charge >= 0.3 is 15.6 Å². The molecule has 2 N–H and O–H groups in total. The second kappa shape index (κ2) is 7.78. The second-order valence-corrected chi connectivity index (χ2v) is 9.42. The van der Waals surface area contributed by atoms with Gasteiger partial charge in [0, 0.05) is 24.4 Å². The fraction of sp³-hybridized carbons (Fsp3) is 0.333. The first-order valence-electron chi connectivity index (χ1n) is 9.66. The van der Waals surface area contributed by atoms with Gasteiger partial charge < -0.3 is 24.1 Å². The van der Waals surface area contributed by atoms with E-state index >= 15 is 0 Å². The fourth-order valence-corrected chi connectivity index (χ4v) is 3.73. The summed E-state index contributed by atoms with van der Waals surface area (Å²) in [5, 5.41) is 0. The molecule has 1 atom stereocenters. The molecule has 3 heterocycles. The minimum absolute atomic E-state index is 0.139. The molecule has 9 nitrogen and oxygen atoms in total. The van der Waals surface area contributed by atoms with E-state index in [0.717, 1.165) is 12.1 Å². The summed E-state index contributed by atoms with van der Waals surface area (Å²) in [6, 6.07) is 4.82. The van der Waals surface area contributed by atoms with Gasteiger partial charge in [-0.05, 0) is 38.1 Å². The zero-order valence-corrected chi connectivity index (χ0v) is 18.9. The van der Waals surface area contributed by atoms with Crippen LogP contribution in [0.1, 0.15) is 30.5 Å². The first-order valence-corrected chi connectivity index (χ1v) is 11.1. The third-order valence-electron chi connectivity index (χ3n) is 5.14. The molecule has 1 aromatic carbocycles. The van der Waals surface area contributed by atoms with Crippen LogP contribution in [0.2, 0.25) is 0 Å². The molecule has 34 heavy (non-hydrogen) atoms. The van der Waals surface area contributed by atoms with Gasteiger partial charge in [0.05, 0.1) is 5.56 Å². The molecule has 0 unspecified atom stereocenters. The molecular formula is C21H18F3N3O6S. The highest BCUT2D eigenvalue weighted by molar-refractivity contribution is 7.88. The quantitative estimate of drug-likeness (QED) is 0.390. The molecule has 1 spiro atoms. The molecule has 0 saturated heterocycles. The fourth-order valence-electron chi connectivity index (χ4n) is 3.28. The summed E-state index contributed by atoms with van der Waals surface area (Å²) in [4.78, 5) is 8.66. The Morgan fingerprint density at radius 1 is 1.21 bits per heavy atom. The van der Waals surface area contributed by atoms with Gasteiger partial charge in [-0.1, -0.05) is 11.8 Å². The molecule has 180 valence electrons. The highest BCUT2D eigenvalue weighted by Gasteiger charge is 2.50. The number of nitrogens with two attached hydrogens (primary N) is 1. The lowest BCUT2D eigenvalue weighted by Crippen LogP contribution is -2.32. The number of alkyl halides is 3. The number of nitrogens with zero attached hydrogens (tertiary/aromatic N) is 2. The molecule has 1 aromatic heterocycles. The lowest BCUT2D eigenvalue weighted by atomic mass is 9.82. The van der Waals surface area contributed by atoms with Crippen molar-refractivity contribution in [2.75, 3.05) is 13.7 Å². The van der Waals surface area contributed by atoms with Gasteiger partial charge in [0.25, 0.3) is 6.02 Å². The molecule has 13 heteroatoms. The van der Waals surface area contributed by atoms with Crippen molar-refractivity contribution in [3.05, 3.63) is 47.2 Å². The third-order valence-corrected chi connectivity index (χ3v) is 6.12. The maximum absolute atomic E-state index is 12.8. The van der Waals surface area contributed by atoms with Crippen molar-refractivity contribution < 1.29 is 40.0 Å². The molecule has 2 aliphatic heterocycles. The Kier molecular flexibility index (Phi) is 5.41. The second-order valence-electron chi connectivity index (χ2n) is 7.88. The minimum Gasteiger partial charge on any atom is -0.462 e. The summed E-state index contributed by atoms with van der Waals surface area (Å²) < 4.78 is 82.1. The van der Waals surface area contributed by atoms with Crippen molar-refractivity contribution in [3.8, 4) is 29.2 Å². The number of rotatable bonds is 3. The van der Waals surface area contributed by atoms with Crippen LogP contribution >= 0.6 is 0 Å². The van der Waals surface area contributed by atoms with E-state index in [1.54, 1.807) is 19.9 Å². The number of fused-ring (bicyclic) bond motifs is 4. The highest BCUT2D eigenvalue weighted by Crippen LogP contribution is 2.51. The molecule has 4 rings (SSSR count). The van der Waals surface area contributed by atoms with Crippen LogP contribution in [-0.4, -0.2) is 44.2 Å². The summed E-state index contributed by atoms with van der Waals surface area (Å²) >= 11 is 0. The number of methoxy groups -OCH3 is 1. The number of aromatic nitrogens is 1. The van der Waals surface area contributed by atoms with Crippen molar-refractivity contribution in [2.24, 2.45) is 10.7 Å². The Labute approximate surface area is 192 Å². The van der Waals surface area contributed by atoms with Gasteiger partial charge in [-0.25, -0.2) is 9.98 Å². The number of amidine groups is 1. The van der Waals surface area contributed by atoms with Crippen LogP contribution in [0, 0.1) is 11.8 Å². The van der Waals surface area contributed by atoms with E-state index in [1.807, 2.05) is 0 Å². The zero-order valence-electron chi connectivity index (χ0n) is 18.1. The lowest BCUT2D eigenvalue weighted by molar-refractivity contribution is -0.0500. The van der Waals surface area contributed by atoms with E-state index in [0.29, 0.717) is 11.1 Å². The summed E-state index contributed by atoms with van der Waals surface area (Å²) in [6.07, 6.45) is 1.48. The average Bonchev–Trinajstić information content (AvgIpc) is 3.14. The van der Waals surface area contributed by atoms with E-state index in [1.165, 1.54) is 19.4 Å². The van der Waals surface area contributed by atoms with E-state index in [-0.39, 0.29) is 29.8 Å². The maximum atomic E-state index is 12.8. The van der Waals surface area contributed by atoms with Gasteiger partial charge in [0.2, 0.25) is 5.88 Å². The number of benzene rings is 1. The zero-order chi connectivity index (χ0) is 24.9. The van der Waals surface area contributed by atoms with Crippen LogP contribution in [-0.2, 0) is 25.1 Å². The van der Waals surface area contributed by atoms with E-state index in [4.69, 9.17) is 19.9 Å². The Morgan fingerprint density at radius 3 is 2.56 bits per heavy atom. The molecule has 0 bridgehead atoms. The monoisotopic (exact) mass is 497 g/mol.